The number of rotatable bonds is 14. The average Bonchev–Trinajstić information content (AvgIpc) is 3.44. The largest absolute Gasteiger partial charge is 0.416 e. The lowest BCUT2D eigenvalue weighted by atomic mass is 10.2. The number of nitrogens with zero attached hydrogens (tertiary/aromatic N) is 8. The van der Waals surface area contributed by atoms with Gasteiger partial charge in [0, 0.05) is 133 Å². The zero-order valence-electron chi connectivity index (χ0n) is 44.8. The van der Waals surface area contributed by atoms with Gasteiger partial charge in [-0.15, -0.1) is 0 Å². The van der Waals surface area contributed by atoms with Crippen LogP contribution in [-0.2, 0) is 6.18 Å². The Labute approximate surface area is 462 Å². The fraction of sp³-hybridized carbons (Fsp3) is 0.220. The SMILES string of the molecule is Cc1cnc(Nc2ccc(N3CCN(C)CC3)cc2)nc1Nc1cccc(NC(=O)Nc2cccc(C(F)(F)F)c2)c1.Cc1cnc(Nc2ccc(N3CCN(C)CC3)cc2)nc1Nc1cccc(NC(=O)Nc2ccccc2)c1. The van der Waals surface area contributed by atoms with E-state index in [1.54, 1.807) is 30.6 Å². The number of anilines is 14. The number of carbonyl (C=O) groups is 2. The summed E-state index contributed by atoms with van der Waals surface area (Å²) in [5.41, 5.74) is 8.36. The molecule has 80 heavy (non-hydrogen) atoms. The number of hydrogen-bond donors (Lipinski definition) is 8. The van der Waals surface area contributed by atoms with Crippen molar-refractivity contribution in [2.75, 3.05) is 119 Å². The quantitative estimate of drug-likeness (QED) is 0.0512. The second-order valence-electron chi connectivity index (χ2n) is 19.4. The van der Waals surface area contributed by atoms with E-state index in [0.717, 1.165) is 98.4 Å². The summed E-state index contributed by atoms with van der Waals surface area (Å²) in [6.07, 6.45) is -1.01. The molecule has 8 N–H and O–H groups in total. The van der Waals surface area contributed by atoms with Crippen LogP contribution < -0.4 is 52.3 Å². The molecule has 8 aromatic rings. The van der Waals surface area contributed by atoms with Crippen LogP contribution in [0, 0.1) is 13.8 Å². The molecule has 0 aliphatic carbocycles. The standard InChI is InChI=1S/C30H31F3N8O.C29H32N8O/c1-20-19-34-28(36-22-9-11-26(12-10-22)41-15-13-40(2)14-16-41)39-27(20)35-24-7-4-8-25(18-24)38-29(42)37-23-6-3-5-21(17-23)30(31,32)33;1-21-20-30-28(32-23-11-13-26(14-12-23)37-17-15-36(2)16-18-37)35-27(21)31-24-9-6-10-25(19-24)34-29(38)33-22-7-4-3-5-8-22/h3-12,17-19H,13-16H2,1-2H3,(H2,37,38,42)(H2,34,35,36,39);3-14,19-20H,15-18H2,1-2H3,(H2,33,34,38)(H2,30,31,32,35). The second-order valence-corrected chi connectivity index (χ2v) is 19.4. The molecule has 0 radical (unpaired) electrons. The average molecular weight is 1090 g/mol. The second kappa shape index (κ2) is 25.8. The van der Waals surface area contributed by atoms with Gasteiger partial charge in [-0.25, -0.2) is 19.6 Å². The highest BCUT2D eigenvalue weighted by molar-refractivity contribution is 6.01. The van der Waals surface area contributed by atoms with Crippen molar-refractivity contribution in [1.29, 1.82) is 0 Å². The van der Waals surface area contributed by atoms with Crippen molar-refractivity contribution in [2.45, 2.75) is 20.0 Å². The Bertz CT molecular complexity index is 3350. The Morgan fingerprint density at radius 2 is 0.800 bits per heavy atom. The topological polar surface area (TPSA) is 195 Å². The molecule has 6 aromatic carbocycles. The highest BCUT2D eigenvalue weighted by Gasteiger charge is 2.30. The number of nitrogens with one attached hydrogen (secondary N) is 8. The number of carbonyl (C=O) groups excluding carboxylic acids is 2. The Balaban J connectivity index is 0.000000195. The number of aryl methyl sites for hydroxylation is 2. The van der Waals surface area contributed by atoms with Crippen molar-refractivity contribution in [3.8, 4) is 0 Å². The molecule has 2 aliphatic heterocycles. The minimum absolute atomic E-state index is 0.0298. The summed E-state index contributed by atoms with van der Waals surface area (Å²) in [6.45, 7) is 12.1. The molecule has 0 bridgehead atoms. The molecule has 21 heteroatoms. The number of halogens is 3. The zero-order valence-corrected chi connectivity index (χ0v) is 44.8. The van der Waals surface area contributed by atoms with Crippen LogP contribution in [0.5, 0.6) is 0 Å². The molecule has 0 saturated carbocycles. The van der Waals surface area contributed by atoms with Crippen LogP contribution in [-0.4, -0.2) is 108 Å². The Morgan fingerprint density at radius 1 is 0.425 bits per heavy atom. The number of aromatic nitrogens is 4. The lowest BCUT2D eigenvalue weighted by molar-refractivity contribution is -0.137. The maximum absolute atomic E-state index is 13.0. The first-order valence-corrected chi connectivity index (χ1v) is 26.0. The fourth-order valence-electron chi connectivity index (χ4n) is 8.66. The monoisotopic (exact) mass is 1080 g/mol. The summed E-state index contributed by atoms with van der Waals surface area (Å²) < 4.78 is 38.9. The molecule has 2 saturated heterocycles. The molecule has 0 unspecified atom stereocenters. The molecule has 4 amide bonds. The number of piperazine rings is 2. The molecular weight excluding hydrogens is 1020 g/mol. The summed E-state index contributed by atoms with van der Waals surface area (Å²) >= 11 is 0. The number of urea groups is 2. The first-order valence-electron chi connectivity index (χ1n) is 26.0. The van der Waals surface area contributed by atoms with Gasteiger partial charge in [0.15, 0.2) is 0 Å². The van der Waals surface area contributed by atoms with Gasteiger partial charge in [0.1, 0.15) is 11.6 Å². The summed E-state index contributed by atoms with van der Waals surface area (Å²) in [4.78, 5) is 52.4. The normalized spacial score (nSPS) is 13.7. The third-order valence-corrected chi connectivity index (χ3v) is 13.2. The van der Waals surface area contributed by atoms with Crippen LogP contribution in [0.3, 0.4) is 0 Å². The third-order valence-electron chi connectivity index (χ3n) is 13.2. The number of amides is 4. The van der Waals surface area contributed by atoms with Gasteiger partial charge in [-0.3, -0.25) is 0 Å². The number of para-hydroxylation sites is 1. The van der Waals surface area contributed by atoms with Crippen LogP contribution in [0.15, 0.2) is 164 Å². The number of benzene rings is 6. The van der Waals surface area contributed by atoms with Gasteiger partial charge in [0.25, 0.3) is 0 Å². The minimum atomic E-state index is -4.50. The van der Waals surface area contributed by atoms with Crippen molar-refractivity contribution >= 4 is 92.5 Å². The van der Waals surface area contributed by atoms with Crippen molar-refractivity contribution in [3.63, 3.8) is 0 Å². The van der Waals surface area contributed by atoms with Gasteiger partial charge in [0.2, 0.25) is 11.9 Å². The zero-order chi connectivity index (χ0) is 56.0. The summed E-state index contributed by atoms with van der Waals surface area (Å²) in [7, 11) is 4.30. The van der Waals surface area contributed by atoms with Crippen molar-refractivity contribution in [1.82, 2.24) is 29.7 Å². The molecule has 10 rings (SSSR count). The van der Waals surface area contributed by atoms with Gasteiger partial charge >= 0.3 is 18.2 Å². The van der Waals surface area contributed by atoms with Crippen LogP contribution in [0.25, 0.3) is 0 Å². The number of hydrogen-bond acceptors (Lipinski definition) is 14. The maximum Gasteiger partial charge on any atom is 0.416 e. The van der Waals surface area contributed by atoms with Crippen molar-refractivity contribution in [2.24, 2.45) is 0 Å². The molecule has 18 nitrogen and oxygen atoms in total. The summed E-state index contributed by atoms with van der Waals surface area (Å²) in [6, 6.07) is 43.7. The van der Waals surface area contributed by atoms with Gasteiger partial charge in [-0.1, -0.05) is 36.4 Å². The molecule has 2 aromatic heterocycles. The van der Waals surface area contributed by atoms with Crippen LogP contribution in [0.2, 0.25) is 0 Å². The van der Waals surface area contributed by atoms with E-state index in [-0.39, 0.29) is 11.7 Å². The van der Waals surface area contributed by atoms with Crippen molar-refractivity contribution < 1.29 is 22.8 Å². The molecular formula is C59H63F3N16O2. The third kappa shape index (κ3) is 15.8. The first-order chi connectivity index (χ1) is 38.6. The van der Waals surface area contributed by atoms with E-state index >= 15 is 0 Å². The highest BCUT2D eigenvalue weighted by Crippen LogP contribution is 2.32. The van der Waals surface area contributed by atoms with Gasteiger partial charge in [-0.05, 0) is 143 Å². The molecule has 0 atom stereocenters. The van der Waals surface area contributed by atoms with E-state index in [0.29, 0.717) is 40.6 Å². The Kier molecular flexibility index (Phi) is 17.8. The number of likely N-dealkylation sites (N-methyl/N-ethyl adjacent to an activating group) is 2. The number of alkyl halides is 3. The molecule has 2 fully saturated rings. The maximum atomic E-state index is 13.0. The van der Waals surface area contributed by atoms with E-state index in [1.807, 2.05) is 86.6 Å². The molecule has 412 valence electrons. The van der Waals surface area contributed by atoms with Crippen molar-refractivity contribution in [3.05, 3.63) is 181 Å². The predicted molar refractivity (Wildman–Crippen MR) is 315 cm³/mol. The molecule has 4 heterocycles. The van der Waals surface area contributed by atoms with Crippen LogP contribution in [0.1, 0.15) is 16.7 Å². The molecule has 0 spiro atoms. The molecule has 2 aliphatic rings. The lowest BCUT2D eigenvalue weighted by Gasteiger charge is -2.34. The van der Waals surface area contributed by atoms with Gasteiger partial charge in [0.05, 0.1) is 5.56 Å². The van der Waals surface area contributed by atoms with E-state index < -0.39 is 17.8 Å². The van der Waals surface area contributed by atoms with E-state index in [4.69, 9.17) is 0 Å². The van der Waals surface area contributed by atoms with Gasteiger partial charge in [-0.2, -0.15) is 23.1 Å². The Morgan fingerprint density at radius 3 is 1.23 bits per heavy atom. The highest BCUT2D eigenvalue weighted by atomic mass is 19.4. The van der Waals surface area contributed by atoms with Crippen LogP contribution >= 0.6 is 0 Å². The van der Waals surface area contributed by atoms with E-state index in [2.05, 4.69) is 133 Å². The smallest absolute Gasteiger partial charge is 0.369 e. The van der Waals surface area contributed by atoms with E-state index in [9.17, 15) is 22.8 Å². The summed E-state index contributed by atoms with van der Waals surface area (Å²) in [5.74, 6) is 2.18. The summed E-state index contributed by atoms with van der Waals surface area (Å²) in [5, 5.41) is 23.9. The van der Waals surface area contributed by atoms with Crippen LogP contribution in [0.4, 0.5) is 103 Å². The van der Waals surface area contributed by atoms with Gasteiger partial charge < -0.3 is 62.1 Å². The predicted octanol–water partition coefficient (Wildman–Crippen LogP) is 12.4. The van der Waals surface area contributed by atoms with E-state index in [1.165, 1.54) is 23.5 Å². The first kappa shape index (κ1) is 55.3. The Hall–Kier alpha value is -9.47. The lowest BCUT2D eigenvalue weighted by Crippen LogP contribution is -2.44. The fourth-order valence-corrected chi connectivity index (χ4v) is 8.66. The minimum Gasteiger partial charge on any atom is -0.369 e.